The van der Waals surface area contributed by atoms with E-state index in [1.54, 1.807) is 6.20 Å². The smallest absolute Gasteiger partial charge is 0.162 e. The van der Waals surface area contributed by atoms with Gasteiger partial charge in [0, 0.05) is 11.8 Å². The molecular weight excluding hydrogens is 198 g/mol. The van der Waals surface area contributed by atoms with Crippen molar-refractivity contribution in [1.29, 1.82) is 0 Å². The minimum Gasteiger partial charge on any atom is -0.382 e. The van der Waals surface area contributed by atoms with Gasteiger partial charge in [0.15, 0.2) is 5.75 Å². The molecule has 2 nitrogen and oxygen atoms in total. The van der Waals surface area contributed by atoms with Gasteiger partial charge in [0.05, 0.1) is 0 Å². The summed E-state index contributed by atoms with van der Waals surface area (Å²) in [5.74, 6) is 0.880. The molecule has 0 atom stereocenters. The van der Waals surface area contributed by atoms with Crippen molar-refractivity contribution in [3.8, 4) is 5.75 Å². The highest BCUT2D eigenvalue weighted by Crippen LogP contribution is 2.20. The number of fused-ring (bicyclic) bond motifs is 1. The third-order valence-electron chi connectivity index (χ3n) is 2.09. The van der Waals surface area contributed by atoms with Crippen molar-refractivity contribution in [2.24, 2.45) is 0 Å². The zero-order valence-corrected chi connectivity index (χ0v) is 8.84. The monoisotopic (exact) mass is 211 g/mol. The van der Waals surface area contributed by atoms with Gasteiger partial charge in [0.25, 0.3) is 0 Å². The fourth-order valence-corrected chi connectivity index (χ4v) is 1.32. The molecule has 0 unspecified atom stereocenters. The molecule has 2 heteroatoms. The Morgan fingerprint density at radius 3 is 2.00 bits per heavy atom. The van der Waals surface area contributed by atoms with Gasteiger partial charge < -0.3 is 4.84 Å². The normalized spacial score (nSPS) is 11.2. The summed E-state index contributed by atoms with van der Waals surface area (Å²) in [4.78, 5) is 5.09. The molecule has 0 saturated carbocycles. The van der Waals surface area contributed by atoms with Crippen molar-refractivity contribution in [3.05, 3.63) is 72.4 Å². The van der Waals surface area contributed by atoms with Gasteiger partial charge in [-0.2, -0.15) is 0 Å². The first-order valence-corrected chi connectivity index (χ1v) is 5.15. The first-order chi connectivity index (χ1) is 7.97. The van der Waals surface area contributed by atoms with Crippen molar-refractivity contribution in [1.82, 2.24) is 5.48 Å². The summed E-state index contributed by atoms with van der Waals surface area (Å²) in [6.07, 6.45) is 3.74. The molecule has 0 fully saturated rings. The van der Waals surface area contributed by atoms with E-state index in [0.717, 1.165) is 11.3 Å². The van der Waals surface area contributed by atoms with Gasteiger partial charge in [-0.15, -0.1) is 0 Å². The van der Waals surface area contributed by atoms with Crippen molar-refractivity contribution >= 4 is 6.08 Å². The van der Waals surface area contributed by atoms with Gasteiger partial charge in [0.2, 0.25) is 0 Å². The Hall–Kier alpha value is -2.22. The first-order valence-electron chi connectivity index (χ1n) is 5.15. The van der Waals surface area contributed by atoms with Crippen molar-refractivity contribution in [2.75, 3.05) is 0 Å². The number of nitrogens with one attached hydrogen (secondary N) is 1. The Bertz CT molecular complexity index is 425. The Morgan fingerprint density at radius 2 is 1.38 bits per heavy atom. The quantitative estimate of drug-likeness (QED) is 0.722. The number of hydroxylamine groups is 1. The predicted octanol–water partition coefficient (Wildman–Crippen LogP) is 3.24. The number of rotatable bonds is 0. The van der Waals surface area contributed by atoms with Crippen molar-refractivity contribution in [3.63, 3.8) is 0 Å². The van der Waals surface area contributed by atoms with E-state index < -0.39 is 0 Å². The number of hydrogen-bond acceptors (Lipinski definition) is 2. The number of hydrogen-bond donors (Lipinski definition) is 1. The molecule has 16 heavy (non-hydrogen) atoms. The highest BCUT2D eigenvalue weighted by Gasteiger charge is 2.01. The lowest BCUT2D eigenvalue weighted by atomic mass is 10.2. The molecule has 1 heterocycles. The van der Waals surface area contributed by atoms with Crippen LogP contribution in [0.3, 0.4) is 0 Å². The van der Waals surface area contributed by atoms with E-state index in [1.807, 2.05) is 66.7 Å². The Kier molecular flexibility index (Phi) is 3.61. The van der Waals surface area contributed by atoms with Crippen LogP contribution in [-0.2, 0) is 0 Å². The van der Waals surface area contributed by atoms with E-state index in [2.05, 4.69) is 5.48 Å². The molecule has 0 aromatic heterocycles. The molecular formula is C14H13NO. The fraction of sp³-hybridized carbons (Fsp3) is 0. The number of benzene rings is 2. The van der Waals surface area contributed by atoms with Gasteiger partial charge in [-0.1, -0.05) is 54.6 Å². The van der Waals surface area contributed by atoms with Gasteiger partial charge >= 0.3 is 0 Å². The summed E-state index contributed by atoms with van der Waals surface area (Å²) < 4.78 is 0. The van der Waals surface area contributed by atoms with Crippen LogP contribution >= 0.6 is 0 Å². The lowest BCUT2D eigenvalue weighted by molar-refractivity contribution is 0.239. The average Bonchev–Trinajstić information content (AvgIpc) is 2.42. The highest BCUT2D eigenvalue weighted by molar-refractivity contribution is 5.57. The summed E-state index contributed by atoms with van der Waals surface area (Å²) in [6, 6.07) is 19.9. The summed E-state index contributed by atoms with van der Waals surface area (Å²) in [7, 11) is 0. The van der Waals surface area contributed by atoms with Crippen LogP contribution in [0.2, 0.25) is 0 Å². The second-order valence-electron chi connectivity index (χ2n) is 3.25. The first kappa shape index (κ1) is 10.3. The lowest BCUT2D eigenvalue weighted by Crippen LogP contribution is -2.13. The maximum atomic E-state index is 5.09. The third kappa shape index (κ3) is 2.89. The van der Waals surface area contributed by atoms with E-state index >= 15 is 0 Å². The SMILES string of the molecule is C1=Cc2ccccc2ON1.c1ccccc1. The second-order valence-corrected chi connectivity index (χ2v) is 3.25. The minimum absolute atomic E-state index is 0.880. The largest absolute Gasteiger partial charge is 0.382 e. The molecule has 0 saturated heterocycles. The van der Waals surface area contributed by atoms with Gasteiger partial charge in [-0.05, 0) is 12.1 Å². The van der Waals surface area contributed by atoms with Crippen LogP contribution in [-0.4, -0.2) is 0 Å². The fourth-order valence-electron chi connectivity index (χ4n) is 1.32. The van der Waals surface area contributed by atoms with Gasteiger partial charge in [-0.3, -0.25) is 0 Å². The second kappa shape index (κ2) is 5.61. The molecule has 0 radical (unpaired) electrons. The van der Waals surface area contributed by atoms with Crippen LogP contribution in [0.1, 0.15) is 5.56 Å². The van der Waals surface area contributed by atoms with Crippen LogP contribution in [0.25, 0.3) is 6.08 Å². The molecule has 0 spiro atoms. The van der Waals surface area contributed by atoms with Crippen LogP contribution in [0.15, 0.2) is 66.9 Å². The summed E-state index contributed by atoms with van der Waals surface area (Å²) >= 11 is 0. The summed E-state index contributed by atoms with van der Waals surface area (Å²) in [6.45, 7) is 0. The van der Waals surface area contributed by atoms with Crippen LogP contribution in [0.5, 0.6) is 5.75 Å². The van der Waals surface area contributed by atoms with E-state index in [1.165, 1.54) is 0 Å². The van der Waals surface area contributed by atoms with Crippen molar-refractivity contribution in [2.45, 2.75) is 0 Å². The molecule has 0 bridgehead atoms. The topological polar surface area (TPSA) is 21.3 Å². The standard InChI is InChI=1S/C8H7NO.C6H6/c1-2-4-8-7(3-1)5-6-9-10-8;1-2-4-6-5-3-1/h1-6,9H;1-6H. The highest BCUT2D eigenvalue weighted by atomic mass is 16.6. The summed E-state index contributed by atoms with van der Waals surface area (Å²) in [5.41, 5.74) is 3.77. The van der Waals surface area contributed by atoms with E-state index in [0.29, 0.717) is 0 Å². The molecule has 0 aliphatic carbocycles. The molecule has 1 aliphatic heterocycles. The Balaban J connectivity index is 0.000000138. The van der Waals surface area contributed by atoms with Crippen LogP contribution in [0, 0.1) is 0 Å². The molecule has 0 amide bonds. The maximum Gasteiger partial charge on any atom is 0.162 e. The molecule has 2 aromatic rings. The van der Waals surface area contributed by atoms with Crippen LogP contribution < -0.4 is 10.3 Å². The van der Waals surface area contributed by atoms with E-state index in [9.17, 15) is 0 Å². The zero-order chi connectivity index (χ0) is 11.1. The third-order valence-corrected chi connectivity index (χ3v) is 2.09. The Labute approximate surface area is 95.1 Å². The number of para-hydroxylation sites is 1. The molecule has 1 aliphatic rings. The Morgan fingerprint density at radius 1 is 0.750 bits per heavy atom. The molecule has 80 valence electrons. The maximum absolute atomic E-state index is 5.09. The zero-order valence-electron chi connectivity index (χ0n) is 8.84. The van der Waals surface area contributed by atoms with Gasteiger partial charge in [-0.25, -0.2) is 5.48 Å². The minimum atomic E-state index is 0.880. The van der Waals surface area contributed by atoms with E-state index in [4.69, 9.17) is 4.84 Å². The molecule has 2 aromatic carbocycles. The van der Waals surface area contributed by atoms with Crippen LogP contribution in [0.4, 0.5) is 0 Å². The average molecular weight is 211 g/mol. The molecule has 1 N–H and O–H groups in total. The van der Waals surface area contributed by atoms with Crippen molar-refractivity contribution < 1.29 is 4.84 Å². The van der Waals surface area contributed by atoms with Gasteiger partial charge in [0.1, 0.15) is 0 Å². The molecule has 3 rings (SSSR count). The van der Waals surface area contributed by atoms with E-state index in [-0.39, 0.29) is 0 Å². The predicted molar refractivity (Wildman–Crippen MR) is 65.7 cm³/mol. The summed E-state index contributed by atoms with van der Waals surface area (Å²) in [5, 5.41) is 0. The lowest BCUT2D eigenvalue weighted by Gasteiger charge is -2.11.